The minimum atomic E-state index is -1.74. The predicted molar refractivity (Wildman–Crippen MR) is 148 cm³/mol. The van der Waals surface area contributed by atoms with E-state index in [1.165, 1.54) is 6.08 Å². The lowest BCUT2D eigenvalue weighted by molar-refractivity contribution is -0.344. The molecule has 0 bridgehead atoms. The summed E-state index contributed by atoms with van der Waals surface area (Å²) in [5.41, 5.74) is 0. The van der Waals surface area contributed by atoms with Gasteiger partial charge in [0.25, 0.3) is 0 Å². The van der Waals surface area contributed by atoms with E-state index in [0.717, 1.165) is 48.5 Å². The predicted octanol–water partition coefficient (Wildman–Crippen LogP) is 0.225. The number of carbonyl (C=O) groups excluding carboxylic acids is 7. The molecular formula is C29H40O17. The van der Waals surface area contributed by atoms with Gasteiger partial charge in [0.15, 0.2) is 36.8 Å². The minimum absolute atomic E-state index is 0.0692. The third kappa shape index (κ3) is 11.4. The van der Waals surface area contributed by atoms with Crippen molar-refractivity contribution >= 4 is 41.8 Å². The summed E-state index contributed by atoms with van der Waals surface area (Å²) in [5.74, 6) is -5.61. The van der Waals surface area contributed by atoms with Crippen molar-refractivity contribution in [2.75, 3.05) is 13.2 Å². The Kier molecular flexibility index (Phi) is 14.5. The zero-order valence-corrected chi connectivity index (χ0v) is 26.6. The Morgan fingerprint density at radius 2 is 0.870 bits per heavy atom. The minimum Gasteiger partial charge on any atom is -0.463 e. The average molecular weight is 661 g/mol. The molecule has 2 fully saturated rings. The molecular weight excluding hydrogens is 620 g/mol. The molecule has 0 spiro atoms. The Morgan fingerprint density at radius 1 is 0.500 bits per heavy atom. The highest BCUT2D eigenvalue weighted by atomic mass is 16.8. The smallest absolute Gasteiger partial charge is 0.303 e. The van der Waals surface area contributed by atoms with Crippen LogP contribution in [0, 0.1) is 0 Å². The summed E-state index contributed by atoms with van der Waals surface area (Å²) >= 11 is 0. The number of carbonyl (C=O) groups is 7. The molecule has 0 N–H and O–H groups in total. The van der Waals surface area contributed by atoms with Crippen LogP contribution in [0.2, 0.25) is 0 Å². The molecule has 2 aliphatic heterocycles. The Labute approximate surface area is 265 Å². The molecule has 10 atom stereocenters. The molecule has 46 heavy (non-hydrogen) atoms. The highest BCUT2D eigenvalue weighted by Crippen LogP contribution is 2.36. The van der Waals surface area contributed by atoms with Gasteiger partial charge in [0.05, 0.1) is 0 Å². The first-order chi connectivity index (χ1) is 21.5. The van der Waals surface area contributed by atoms with Crippen LogP contribution in [0.5, 0.6) is 0 Å². The Hall–Kier alpha value is -4.09. The van der Waals surface area contributed by atoms with E-state index in [2.05, 4.69) is 6.58 Å². The van der Waals surface area contributed by atoms with Crippen LogP contribution in [0.25, 0.3) is 0 Å². The van der Waals surface area contributed by atoms with E-state index >= 15 is 0 Å². The fraction of sp³-hybridized carbons (Fsp3) is 0.690. The van der Waals surface area contributed by atoms with Gasteiger partial charge >= 0.3 is 41.8 Å². The van der Waals surface area contributed by atoms with Gasteiger partial charge in [-0.05, 0) is 6.42 Å². The molecule has 258 valence electrons. The molecule has 2 saturated heterocycles. The molecule has 0 aromatic carbocycles. The molecule has 0 radical (unpaired) electrons. The lowest BCUT2D eigenvalue weighted by Gasteiger charge is -2.49. The topological polar surface area (TPSA) is 212 Å². The fourth-order valence-electron chi connectivity index (χ4n) is 4.95. The van der Waals surface area contributed by atoms with Gasteiger partial charge in [-0.3, -0.25) is 33.6 Å². The van der Waals surface area contributed by atoms with E-state index in [0.29, 0.717) is 0 Å². The Morgan fingerprint density at radius 3 is 1.28 bits per heavy atom. The van der Waals surface area contributed by atoms with E-state index in [-0.39, 0.29) is 6.42 Å². The second-order valence-corrected chi connectivity index (χ2v) is 10.4. The number of hydrogen-bond acceptors (Lipinski definition) is 17. The van der Waals surface area contributed by atoms with Crippen molar-refractivity contribution in [2.45, 2.75) is 116 Å². The molecule has 0 aromatic heterocycles. The van der Waals surface area contributed by atoms with Gasteiger partial charge < -0.3 is 47.4 Å². The summed E-state index contributed by atoms with van der Waals surface area (Å²) in [7, 11) is 0. The van der Waals surface area contributed by atoms with Crippen molar-refractivity contribution in [1.82, 2.24) is 0 Å². The highest BCUT2D eigenvalue weighted by Gasteiger charge is 2.57. The Bertz CT molecular complexity index is 1150. The van der Waals surface area contributed by atoms with E-state index in [1.807, 2.05) is 0 Å². The second-order valence-electron chi connectivity index (χ2n) is 10.4. The van der Waals surface area contributed by atoms with Crippen molar-refractivity contribution in [3.63, 3.8) is 0 Å². The average Bonchev–Trinajstić information content (AvgIpc) is 2.91. The third-order valence-electron chi connectivity index (χ3n) is 6.42. The summed E-state index contributed by atoms with van der Waals surface area (Å²) in [6, 6.07) is 0. The van der Waals surface area contributed by atoms with Crippen molar-refractivity contribution in [2.24, 2.45) is 0 Å². The van der Waals surface area contributed by atoms with E-state index in [4.69, 9.17) is 47.4 Å². The molecule has 0 amide bonds. The standard InChI is InChI=1S/C29H40O17/c1-9-10-20-23(39-15(4)32)26(24(40-16(5)33)21(44-20)11-37-13(2)30)46-29-28(43-19(8)36)27(42-18(7)35)25(41-17(6)34)22(45-29)12-38-14(3)31/h9,20-29H,1,10-12H2,2-8H3/t20-,21-,22-,23-,24-,25-,26+,27-,28-,29-/m1/s1. The van der Waals surface area contributed by atoms with Crippen LogP contribution in [-0.2, 0) is 80.9 Å². The van der Waals surface area contributed by atoms with E-state index < -0.39 is 116 Å². The van der Waals surface area contributed by atoms with Crippen molar-refractivity contribution in [1.29, 1.82) is 0 Å². The normalized spacial score (nSPS) is 30.5. The molecule has 17 heteroatoms. The molecule has 0 aliphatic carbocycles. The van der Waals surface area contributed by atoms with Gasteiger partial charge in [-0.1, -0.05) is 6.08 Å². The lowest BCUT2D eigenvalue weighted by Crippen LogP contribution is -2.67. The number of ether oxygens (including phenoxy) is 10. The first-order valence-electron chi connectivity index (χ1n) is 14.2. The molecule has 17 nitrogen and oxygen atoms in total. The largest absolute Gasteiger partial charge is 0.463 e. The molecule has 0 saturated carbocycles. The summed E-state index contributed by atoms with van der Waals surface area (Å²) in [6.07, 6.45) is -12.7. The zero-order valence-electron chi connectivity index (χ0n) is 26.6. The van der Waals surface area contributed by atoms with Gasteiger partial charge in [-0.15, -0.1) is 6.58 Å². The molecule has 0 unspecified atom stereocenters. The summed E-state index contributed by atoms with van der Waals surface area (Å²) < 4.78 is 56.0. The maximum Gasteiger partial charge on any atom is 0.303 e. The van der Waals surface area contributed by atoms with Gasteiger partial charge in [-0.2, -0.15) is 0 Å². The van der Waals surface area contributed by atoms with Crippen LogP contribution in [-0.4, -0.2) is 116 Å². The van der Waals surface area contributed by atoms with Gasteiger partial charge in [0.2, 0.25) is 0 Å². The van der Waals surface area contributed by atoms with Gasteiger partial charge in [-0.25, -0.2) is 0 Å². The summed E-state index contributed by atoms with van der Waals surface area (Å²) in [4.78, 5) is 84.5. The zero-order chi connectivity index (χ0) is 34.7. The lowest BCUT2D eigenvalue weighted by atomic mass is 9.92. The first kappa shape index (κ1) is 38.1. The fourth-order valence-corrected chi connectivity index (χ4v) is 4.95. The van der Waals surface area contributed by atoms with Crippen LogP contribution >= 0.6 is 0 Å². The van der Waals surface area contributed by atoms with Crippen molar-refractivity contribution < 1.29 is 80.9 Å². The quantitative estimate of drug-likeness (QED) is 0.147. The molecule has 2 aliphatic rings. The van der Waals surface area contributed by atoms with Crippen LogP contribution in [0.3, 0.4) is 0 Å². The van der Waals surface area contributed by atoms with Crippen LogP contribution in [0.1, 0.15) is 54.9 Å². The maximum absolute atomic E-state index is 12.3. The molecule has 2 heterocycles. The number of hydrogen-bond donors (Lipinski definition) is 0. The van der Waals surface area contributed by atoms with Crippen LogP contribution < -0.4 is 0 Å². The van der Waals surface area contributed by atoms with Crippen molar-refractivity contribution in [3.05, 3.63) is 12.7 Å². The highest BCUT2D eigenvalue weighted by molar-refractivity contribution is 5.69. The number of esters is 7. The maximum atomic E-state index is 12.3. The van der Waals surface area contributed by atoms with E-state index in [9.17, 15) is 33.6 Å². The summed E-state index contributed by atoms with van der Waals surface area (Å²) in [6.45, 7) is 10.3. The Balaban J connectivity index is 2.73. The van der Waals surface area contributed by atoms with Crippen molar-refractivity contribution in [3.8, 4) is 0 Å². The van der Waals surface area contributed by atoms with Gasteiger partial charge in [0, 0.05) is 48.5 Å². The molecule has 0 aromatic rings. The SMILES string of the molecule is C=CC[C@H]1O[C@H](COC(C)=O)[C@@H](OC(C)=O)[C@@H](O[C@H]2O[C@H](COC(C)=O)[C@@H](OC(C)=O)[C@@H](OC(C)=O)[C@H]2OC(C)=O)[C@@H]1OC(C)=O. The van der Waals surface area contributed by atoms with Crippen LogP contribution in [0.4, 0.5) is 0 Å². The summed E-state index contributed by atoms with van der Waals surface area (Å²) in [5, 5.41) is 0. The van der Waals surface area contributed by atoms with Crippen LogP contribution in [0.15, 0.2) is 12.7 Å². The number of rotatable bonds is 13. The second kappa shape index (κ2) is 17.6. The van der Waals surface area contributed by atoms with Gasteiger partial charge in [0.1, 0.15) is 37.6 Å². The third-order valence-corrected chi connectivity index (χ3v) is 6.42. The monoisotopic (exact) mass is 660 g/mol. The van der Waals surface area contributed by atoms with E-state index in [1.54, 1.807) is 0 Å². The first-order valence-corrected chi connectivity index (χ1v) is 14.2. The molecule has 2 rings (SSSR count).